The molecule has 0 atom stereocenters. The van der Waals surface area contributed by atoms with Gasteiger partial charge in [0.1, 0.15) is 0 Å². The van der Waals surface area contributed by atoms with E-state index < -0.39 is 8.32 Å². The predicted octanol–water partition coefficient (Wildman–Crippen LogP) is 4.98. The summed E-state index contributed by atoms with van der Waals surface area (Å²) < 4.78 is 18.0. The Bertz CT molecular complexity index is 381. The van der Waals surface area contributed by atoms with Crippen LogP contribution in [-0.2, 0) is 13.7 Å². The van der Waals surface area contributed by atoms with Crippen LogP contribution in [0.2, 0.25) is 18.1 Å². The van der Waals surface area contributed by atoms with Crippen LogP contribution in [0.3, 0.4) is 0 Å². The maximum absolute atomic E-state index is 6.17. The van der Waals surface area contributed by atoms with Crippen molar-refractivity contribution in [3.8, 4) is 0 Å². The first-order valence-corrected chi connectivity index (χ1v) is 11.4. The highest BCUT2D eigenvalue weighted by Gasteiger charge is 2.49. The molecule has 0 aromatic carbocycles. The van der Waals surface area contributed by atoms with Crippen molar-refractivity contribution in [1.82, 2.24) is 0 Å². The SMILES string of the molecule is CC1(C)OB(C=CCCCO[Si](C)(C)C(C)(C)C)OC1(C)C. The third-order valence-electron chi connectivity index (χ3n) is 5.35. The fourth-order valence-corrected chi connectivity index (χ4v) is 3.01. The van der Waals surface area contributed by atoms with Crippen molar-refractivity contribution in [3.05, 3.63) is 12.1 Å². The average molecular weight is 326 g/mol. The van der Waals surface area contributed by atoms with E-state index in [9.17, 15) is 0 Å². The number of allylic oxidation sites excluding steroid dienone is 1. The van der Waals surface area contributed by atoms with E-state index in [1.165, 1.54) is 0 Å². The summed E-state index contributed by atoms with van der Waals surface area (Å²) in [5, 5.41) is 0.283. The summed E-state index contributed by atoms with van der Waals surface area (Å²) in [4.78, 5) is 0. The fourth-order valence-electron chi connectivity index (χ4n) is 1.92. The lowest BCUT2D eigenvalue weighted by atomic mass is 9.89. The summed E-state index contributed by atoms with van der Waals surface area (Å²) in [7, 11) is -1.83. The first kappa shape index (κ1) is 19.9. The molecule has 0 aliphatic carbocycles. The molecule has 0 spiro atoms. The fraction of sp³-hybridized carbons (Fsp3) is 0.882. The van der Waals surface area contributed by atoms with Crippen LogP contribution in [-0.4, -0.2) is 33.2 Å². The minimum Gasteiger partial charge on any atom is -0.417 e. The molecule has 1 aliphatic rings. The Balaban J connectivity index is 2.29. The maximum atomic E-state index is 6.17. The summed E-state index contributed by atoms with van der Waals surface area (Å²) in [6.45, 7) is 20.6. The Kier molecular flexibility index (Phi) is 6.16. The molecule has 0 aromatic rings. The number of hydrogen-bond donors (Lipinski definition) is 0. The maximum Gasteiger partial charge on any atom is 0.486 e. The monoisotopic (exact) mass is 326 g/mol. The zero-order valence-electron chi connectivity index (χ0n) is 16.1. The highest BCUT2D eigenvalue weighted by Crippen LogP contribution is 2.37. The molecule has 1 aliphatic heterocycles. The summed E-state index contributed by atoms with van der Waals surface area (Å²) >= 11 is 0. The van der Waals surface area contributed by atoms with Gasteiger partial charge in [0.2, 0.25) is 0 Å². The molecule has 0 radical (unpaired) electrons. The van der Waals surface area contributed by atoms with Gasteiger partial charge in [-0.2, -0.15) is 0 Å². The van der Waals surface area contributed by atoms with Gasteiger partial charge in [0.25, 0.3) is 0 Å². The molecule has 1 rings (SSSR count). The van der Waals surface area contributed by atoms with Gasteiger partial charge in [0, 0.05) is 6.61 Å². The third-order valence-corrected chi connectivity index (χ3v) is 9.89. The summed E-state index contributed by atoms with van der Waals surface area (Å²) in [5.41, 5.74) is -0.513. The molecule has 5 heteroatoms. The standard InChI is InChI=1S/C17H35BO3Si/c1-15(2,3)22(8,9)19-14-12-10-11-13-18-20-16(4,5)17(6,7)21-18/h11,13H,10,12,14H2,1-9H3. The Morgan fingerprint density at radius 3 is 2.00 bits per heavy atom. The second-order valence-electron chi connectivity index (χ2n) is 8.80. The molecule has 0 unspecified atom stereocenters. The average Bonchev–Trinajstić information content (AvgIpc) is 2.50. The molecular formula is C17H35BO3Si. The minimum atomic E-state index is -1.60. The zero-order valence-corrected chi connectivity index (χ0v) is 17.1. The second kappa shape index (κ2) is 6.80. The molecule has 1 heterocycles. The zero-order chi connectivity index (χ0) is 17.2. The van der Waals surface area contributed by atoms with Gasteiger partial charge in [-0.3, -0.25) is 0 Å². The van der Waals surface area contributed by atoms with Crippen LogP contribution in [0.1, 0.15) is 61.3 Å². The van der Waals surface area contributed by atoms with E-state index in [1.807, 2.05) is 5.98 Å². The van der Waals surface area contributed by atoms with Crippen molar-refractivity contribution >= 4 is 15.4 Å². The quantitative estimate of drug-likeness (QED) is 0.509. The lowest BCUT2D eigenvalue weighted by Gasteiger charge is -2.36. The van der Waals surface area contributed by atoms with Gasteiger partial charge in [-0.05, 0) is 58.7 Å². The Hall–Kier alpha value is -0.0982. The van der Waals surface area contributed by atoms with Gasteiger partial charge >= 0.3 is 7.12 Å². The van der Waals surface area contributed by atoms with Gasteiger partial charge in [0.15, 0.2) is 8.32 Å². The van der Waals surface area contributed by atoms with E-state index in [0.29, 0.717) is 0 Å². The molecule has 0 aromatic heterocycles. The molecule has 0 saturated carbocycles. The summed E-state index contributed by atoms with van der Waals surface area (Å²) in [5.74, 6) is 2.03. The van der Waals surface area contributed by atoms with Gasteiger partial charge in [-0.15, -0.1) is 0 Å². The van der Waals surface area contributed by atoms with Crippen LogP contribution in [0.15, 0.2) is 12.1 Å². The van der Waals surface area contributed by atoms with Crippen LogP contribution in [0.25, 0.3) is 0 Å². The van der Waals surface area contributed by atoms with Gasteiger partial charge in [-0.25, -0.2) is 0 Å². The molecule has 0 bridgehead atoms. The summed E-state index contributed by atoms with van der Waals surface area (Å²) in [6, 6.07) is 0. The smallest absolute Gasteiger partial charge is 0.417 e. The van der Waals surface area contributed by atoms with E-state index in [-0.39, 0.29) is 23.4 Å². The Labute approximate surface area is 139 Å². The lowest BCUT2D eigenvalue weighted by Crippen LogP contribution is -2.41. The lowest BCUT2D eigenvalue weighted by molar-refractivity contribution is 0.00578. The van der Waals surface area contributed by atoms with Gasteiger partial charge in [-0.1, -0.05) is 32.8 Å². The van der Waals surface area contributed by atoms with Crippen molar-refractivity contribution < 1.29 is 13.7 Å². The van der Waals surface area contributed by atoms with E-state index in [1.54, 1.807) is 0 Å². The molecule has 1 fully saturated rings. The minimum absolute atomic E-state index is 0.230. The van der Waals surface area contributed by atoms with Gasteiger partial charge in [0.05, 0.1) is 11.2 Å². The van der Waals surface area contributed by atoms with Crippen LogP contribution >= 0.6 is 0 Å². The number of unbranched alkanes of at least 4 members (excludes halogenated alkanes) is 1. The molecule has 0 amide bonds. The highest BCUT2D eigenvalue weighted by molar-refractivity contribution is 6.74. The van der Waals surface area contributed by atoms with Crippen LogP contribution in [0.5, 0.6) is 0 Å². The molecule has 128 valence electrons. The predicted molar refractivity (Wildman–Crippen MR) is 97.6 cm³/mol. The Morgan fingerprint density at radius 1 is 1.05 bits per heavy atom. The van der Waals surface area contributed by atoms with Gasteiger partial charge < -0.3 is 13.7 Å². The largest absolute Gasteiger partial charge is 0.486 e. The van der Waals surface area contributed by atoms with Crippen molar-refractivity contribution in [2.45, 2.75) is 90.6 Å². The Morgan fingerprint density at radius 2 is 1.55 bits per heavy atom. The highest BCUT2D eigenvalue weighted by atomic mass is 28.4. The van der Waals surface area contributed by atoms with E-state index >= 15 is 0 Å². The molecular weight excluding hydrogens is 291 g/mol. The van der Waals surface area contributed by atoms with E-state index in [2.05, 4.69) is 67.6 Å². The van der Waals surface area contributed by atoms with E-state index in [4.69, 9.17) is 13.7 Å². The molecule has 22 heavy (non-hydrogen) atoms. The molecule has 0 N–H and O–H groups in total. The summed E-state index contributed by atoms with van der Waals surface area (Å²) in [6.07, 6.45) is 4.19. The first-order valence-electron chi connectivity index (χ1n) is 8.45. The molecule has 3 nitrogen and oxygen atoms in total. The van der Waals surface area contributed by atoms with Crippen molar-refractivity contribution in [2.24, 2.45) is 0 Å². The second-order valence-corrected chi connectivity index (χ2v) is 13.6. The topological polar surface area (TPSA) is 27.7 Å². The molecule has 1 saturated heterocycles. The number of rotatable bonds is 6. The van der Waals surface area contributed by atoms with E-state index in [0.717, 1.165) is 19.4 Å². The normalized spacial score (nSPS) is 21.8. The van der Waals surface area contributed by atoms with Crippen molar-refractivity contribution in [3.63, 3.8) is 0 Å². The van der Waals surface area contributed by atoms with Crippen LogP contribution < -0.4 is 0 Å². The van der Waals surface area contributed by atoms with Crippen molar-refractivity contribution in [2.75, 3.05) is 6.61 Å². The van der Waals surface area contributed by atoms with Crippen LogP contribution in [0.4, 0.5) is 0 Å². The van der Waals surface area contributed by atoms with Crippen LogP contribution in [0, 0.1) is 0 Å². The third kappa shape index (κ3) is 4.95. The van der Waals surface area contributed by atoms with Crippen molar-refractivity contribution in [1.29, 1.82) is 0 Å². The first-order chi connectivity index (χ1) is 9.79. The number of hydrogen-bond acceptors (Lipinski definition) is 3.